The first-order chi connectivity index (χ1) is 11.7. The summed E-state index contributed by atoms with van der Waals surface area (Å²) in [5.41, 5.74) is 0.753. The van der Waals surface area contributed by atoms with E-state index in [2.05, 4.69) is 19.8 Å². The number of hydrogen-bond acceptors (Lipinski definition) is 7. The van der Waals surface area contributed by atoms with Crippen molar-refractivity contribution in [1.29, 1.82) is 0 Å². The molecule has 1 N–H and O–H groups in total. The van der Waals surface area contributed by atoms with Crippen molar-refractivity contribution in [2.24, 2.45) is 0 Å². The topological polar surface area (TPSA) is 132 Å². The molecule has 11 heteroatoms. The highest BCUT2D eigenvalue weighted by Crippen LogP contribution is 2.29. The van der Waals surface area contributed by atoms with Gasteiger partial charge in [-0.3, -0.25) is 14.8 Å². The van der Waals surface area contributed by atoms with Gasteiger partial charge in [-0.05, 0) is 26.3 Å². The number of hydrogen-bond donors (Lipinski definition) is 1. The van der Waals surface area contributed by atoms with Gasteiger partial charge in [0, 0.05) is 23.4 Å². The lowest BCUT2D eigenvalue weighted by atomic mass is 10.1. The molecule has 0 aliphatic rings. The second-order valence-corrected chi connectivity index (χ2v) is 7.09. The number of sulfonamides is 1. The minimum atomic E-state index is -4.09. The van der Waals surface area contributed by atoms with Gasteiger partial charge in [0.1, 0.15) is 17.0 Å². The molecular weight excluding hydrogens is 348 g/mol. The molecule has 3 rings (SSSR count). The van der Waals surface area contributed by atoms with E-state index in [9.17, 15) is 18.5 Å². The summed E-state index contributed by atoms with van der Waals surface area (Å²) < 4.78 is 29.4. The summed E-state index contributed by atoms with van der Waals surface area (Å²) in [6.45, 7) is 4.67. The van der Waals surface area contributed by atoms with Gasteiger partial charge in [-0.1, -0.05) is 6.07 Å². The number of aryl methyl sites for hydroxylation is 2. The van der Waals surface area contributed by atoms with E-state index in [-0.39, 0.29) is 27.7 Å². The fraction of sp³-hybridized carbons (Fsp3) is 0.214. The zero-order chi connectivity index (χ0) is 18.4. The quantitative estimate of drug-likeness (QED) is 0.552. The first kappa shape index (κ1) is 16.8. The van der Waals surface area contributed by atoms with Crippen LogP contribution in [0, 0.1) is 30.9 Å². The highest BCUT2D eigenvalue weighted by atomic mass is 32.2. The van der Waals surface area contributed by atoms with Gasteiger partial charge >= 0.3 is 0 Å². The van der Waals surface area contributed by atoms with Crippen LogP contribution in [0.15, 0.2) is 29.4 Å². The van der Waals surface area contributed by atoms with E-state index >= 15 is 0 Å². The summed E-state index contributed by atoms with van der Waals surface area (Å²) in [6.07, 6.45) is 1.25. The van der Waals surface area contributed by atoms with Crippen molar-refractivity contribution in [2.75, 3.05) is 4.72 Å². The van der Waals surface area contributed by atoms with E-state index < -0.39 is 14.9 Å². The van der Waals surface area contributed by atoms with Crippen molar-refractivity contribution < 1.29 is 13.3 Å². The molecule has 2 aromatic heterocycles. The zero-order valence-corrected chi connectivity index (χ0v) is 14.4. The van der Waals surface area contributed by atoms with E-state index in [1.807, 2.05) is 0 Å². The first-order valence-electron chi connectivity index (χ1n) is 7.15. The molecule has 0 atom stereocenters. The number of aromatic nitrogens is 4. The Kier molecular flexibility index (Phi) is 3.87. The van der Waals surface area contributed by atoms with Crippen LogP contribution in [0.3, 0.4) is 0 Å². The Balaban J connectivity index is 2.16. The lowest BCUT2D eigenvalue weighted by molar-refractivity contribution is -0.385. The summed E-state index contributed by atoms with van der Waals surface area (Å²) in [7, 11) is -4.09. The van der Waals surface area contributed by atoms with Crippen LogP contribution in [0.5, 0.6) is 0 Å². The van der Waals surface area contributed by atoms with Crippen molar-refractivity contribution in [1.82, 2.24) is 19.6 Å². The zero-order valence-electron chi connectivity index (χ0n) is 13.6. The standard InChI is InChI=1S/C14H14N6O4S/c1-8-4-5-11(20(21)22)10(3)13(8)25(23,24)18-12-6-9(2)17-14-15-7-16-19(12)14/h4-7,18H,1-3H3. The maximum atomic E-state index is 12.9. The molecule has 0 unspecified atom stereocenters. The lowest BCUT2D eigenvalue weighted by Gasteiger charge is -2.13. The van der Waals surface area contributed by atoms with Gasteiger partial charge in [0.05, 0.1) is 4.92 Å². The third-order valence-corrected chi connectivity index (χ3v) is 5.30. The monoisotopic (exact) mass is 362 g/mol. The Morgan fingerprint density at radius 3 is 2.64 bits per heavy atom. The van der Waals surface area contributed by atoms with E-state index in [4.69, 9.17) is 0 Å². The molecule has 0 radical (unpaired) electrons. The van der Waals surface area contributed by atoms with Crippen LogP contribution in [0.2, 0.25) is 0 Å². The van der Waals surface area contributed by atoms with E-state index in [1.165, 1.54) is 36.0 Å². The van der Waals surface area contributed by atoms with Crippen LogP contribution in [0.4, 0.5) is 11.5 Å². The Hall–Kier alpha value is -3.08. The highest BCUT2D eigenvalue weighted by Gasteiger charge is 2.26. The third kappa shape index (κ3) is 2.89. The Labute approximate surface area is 142 Å². The van der Waals surface area contributed by atoms with Gasteiger partial charge in [0.2, 0.25) is 0 Å². The number of anilines is 1. The Bertz CT molecular complexity index is 1110. The number of nitro benzene ring substituents is 1. The lowest BCUT2D eigenvalue weighted by Crippen LogP contribution is -2.19. The van der Waals surface area contributed by atoms with Gasteiger partial charge < -0.3 is 0 Å². The van der Waals surface area contributed by atoms with Crippen LogP contribution in [0.1, 0.15) is 16.8 Å². The molecule has 0 amide bonds. The predicted molar refractivity (Wildman–Crippen MR) is 88.9 cm³/mol. The molecule has 25 heavy (non-hydrogen) atoms. The van der Waals surface area contributed by atoms with Gasteiger partial charge in [-0.15, -0.1) is 0 Å². The third-order valence-electron chi connectivity index (χ3n) is 3.66. The summed E-state index contributed by atoms with van der Waals surface area (Å²) in [4.78, 5) is 18.4. The summed E-state index contributed by atoms with van der Waals surface area (Å²) in [5.74, 6) is 0.385. The molecule has 3 aromatic rings. The van der Waals surface area contributed by atoms with Crippen LogP contribution in [-0.4, -0.2) is 32.9 Å². The molecule has 0 aliphatic carbocycles. The van der Waals surface area contributed by atoms with E-state index in [0.29, 0.717) is 11.3 Å². The molecule has 10 nitrogen and oxygen atoms in total. The summed E-state index contributed by atoms with van der Waals surface area (Å²) in [6, 6.07) is 4.19. The van der Waals surface area contributed by atoms with Gasteiger partial charge in [-0.25, -0.2) is 13.4 Å². The molecule has 0 saturated heterocycles. The number of rotatable bonds is 4. The van der Waals surface area contributed by atoms with Crippen molar-refractivity contribution in [3.8, 4) is 0 Å². The van der Waals surface area contributed by atoms with Gasteiger partial charge in [0.25, 0.3) is 21.5 Å². The molecule has 0 saturated carbocycles. The van der Waals surface area contributed by atoms with Crippen molar-refractivity contribution in [3.05, 3.63) is 51.5 Å². The molecule has 2 heterocycles. The molecule has 130 valence electrons. The van der Waals surface area contributed by atoms with Crippen molar-refractivity contribution in [2.45, 2.75) is 25.7 Å². The van der Waals surface area contributed by atoms with Crippen molar-refractivity contribution >= 4 is 27.3 Å². The number of fused-ring (bicyclic) bond motifs is 1. The molecule has 0 aliphatic heterocycles. The predicted octanol–water partition coefficient (Wildman–Crippen LogP) is 1.76. The Morgan fingerprint density at radius 1 is 1.24 bits per heavy atom. The van der Waals surface area contributed by atoms with Crippen molar-refractivity contribution in [3.63, 3.8) is 0 Å². The molecule has 0 bridgehead atoms. The highest BCUT2D eigenvalue weighted by molar-refractivity contribution is 7.92. The van der Waals surface area contributed by atoms with Crippen LogP contribution in [-0.2, 0) is 10.0 Å². The summed E-state index contributed by atoms with van der Waals surface area (Å²) in [5, 5.41) is 15.1. The summed E-state index contributed by atoms with van der Waals surface area (Å²) >= 11 is 0. The molecule has 1 aromatic carbocycles. The van der Waals surface area contributed by atoms with Gasteiger partial charge in [0.15, 0.2) is 0 Å². The number of benzene rings is 1. The largest absolute Gasteiger partial charge is 0.273 e. The fourth-order valence-electron chi connectivity index (χ4n) is 2.62. The molecular formula is C14H14N6O4S. The SMILES string of the molecule is Cc1cc(NS(=O)(=O)c2c(C)ccc([N+](=O)[O-])c2C)n2ncnc2n1. The smallest absolute Gasteiger partial charge is 0.263 e. The maximum absolute atomic E-state index is 12.9. The fourth-order valence-corrected chi connectivity index (χ4v) is 4.14. The average molecular weight is 362 g/mol. The minimum absolute atomic E-state index is 0.0677. The Morgan fingerprint density at radius 2 is 1.96 bits per heavy atom. The van der Waals surface area contributed by atoms with Crippen LogP contribution in [0.25, 0.3) is 5.78 Å². The van der Waals surface area contributed by atoms with E-state index in [0.717, 1.165) is 0 Å². The second kappa shape index (κ2) is 5.77. The van der Waals surface area contributed by atoms with E-state index in [1.54, 1.807) is 13.8 Å². The van der Waals surface area contributed by atoms with Crippen LogP contribution >= 0.6 is 0 Å². The first-order valence-corrected chi connectivity index (χ1v) is 8.64. The van der Waals surface area contributed by atoms with Crippen LogP contribution < -0.4 is 4.72 Å². The second-order valence-electron chi connectivity index (χ2n) is 5.47. The average Bonchev–Trinajstić information content (AvgIpc) is 2.94. The number of nitrogens with zero attached hydrogens (tertiary/aromatic N) is 5. The molecule has 0 fully saturated rings. The minimum Gasteiger partial charge on any atom is -0.263 e. The number of nitro groups is 1. The molecule has 0 spiro atoms. The maximum Gasteiger partial charge on any atom is 0.273 e. The van der Waals surface area contributed by atoms with Gasteiger partial charge in [-0.2, -0.15) is 14.6 Å². The number of nitrogens with one attached hydrogen (secondary N) is 1. The normalized spacial score (nSPS) is 11.6.